The van der Waals surface area contributed by atoms with Gasteiger partial charge in [0, 0.05) is 42.1 Å². The number of ether oxygens (including phenoxy) is 1. The molecule has 0 bridgehead atoms. The van der Waals surface area contributed by atoms with Crippen molar-refractivity contribution in [3.05, 3.63) is 32.3 Å². The minimum absolute atomic E-state index is 0.131. The van der Waals surface area contributed by atoms with Crippen molar-refractivity contribution in [2.45, 2.75) is 19.8 Å². The Hall–Kier alpha value is -1.14. The van der Waals surface area contributed by atoms with Gasteiger partial charge in [0.1, 0.15) is 0 Å². The van der Waals surface area contributed by atoms with Crippen molar-refractivity contribution in [3.63, 3.8) is 0 Å². The predicted octanol–water partition coefficient (Wildman–Crippen LogP) is 3.50. The monoisotopic (exact) mass is 316 g/mol. The number of anilines is 1. The lowest BCUT2D eigenvalue weighted by Gasteiger charge is -2.09. The lowest BCUT2D eigenvalue weighted by molar-refractivity contribution is -0.385. The number of benzene rings is 1. The van der Waals surface area contributed by atoms with E-state index in [-0.39, 0.29) is 10.6 Å². The van der Waals surface area contributed by atoms with Crippen LogP contribution < -0.4 is 5.32 Å². The van der Waals surface area contributed by atoms with E-state index in [1.807, 2.05) is 0 Å². The van der Waals surface area contributed by atoms with Crippen LogP contribution in [0.5, 0.6) is 0 Å². The highest BCUT2D eigenvalue weighted by Crippen LogP contribution is 2.30. The van der Waals surface area contributed by atoms with Crippen molar-refractivity contribution >= 4 is 27.3 Å². The van der Waals surface area contributed by atoms with Crippen molar-refractivity contribution in [1.29, 1.82) is 0 Å². The van der Waals surface area contributed by atoms with Gasteiger partial charge < -0.3 is 10.1 Å². The number of aryl methyl sites for hydroxylation is 1. The number of nitrogens with zero attached hydrogens (tertiary/aromatic N) is 1. The molecule has 0 amide bonds. The molecule has 0 radical (unpaired) electrons. The summed E-state index contributed by atoms with van der Waals surface area (Å²) in [5.41, 5.74) is 1.67. The standard InChI is InChI=1S/C12H17BrN2O3/c1-9-7-11(14-5-3-4-6-18-2)10(13)8-12(9)15(16)17/h7-8,14H,3-6H2,1-2H3. The van der Waals surface area contributed by atoms with Gasteiger partial charge in [-0.25, -0.2) is 0 Å². The summed E-state index contributed by atoms with van der Waals surface area (Å²) in [5, 5.41) is 14.0. The number of unbranched alkanes of at least 4 members (excludes halogenated alkanes) is 1. The summed E-state index contributed by atoms with van der Waals surface area (Å²) in [4.78, 5) is 10.4. The molecule has 0 atom stereocenters. The first-order chi connectivity index (χ1) is 8.56. The molecule has 0 saturated carbocycles. The summed E-state index contributed by atoms with van der Waals surface area (Å²) in [6, 6.07) is 3.32. The number of nitro groups is 1. The Balaban J connectivity index is 2.62. The van der Waals surface area contributed by atoms with Crippen LogP contribution in [-0.4, -0.2) is 25.2 Å². The minimum atomic E-state index is -0.373. The van der Waals surface area contributed by atoms with E-state index < -0.39 is 0 Å². The van der Waals surface area contributed by atoms with Gasteiger partial charge in [-0.15, -0.1) is 0 Å². The Kier molecular flexibility index (Phi) is 6.07. The number of methoxy groups -OCH3 is 1. The fourth-order valence-corrected chi connectivity index (χ4v) is 2.07. The Morgan fingerprint density at radius 1 is 1.44 bits per heavy atom. The zero-order valence-corrected chi connectivity index (χ0v) is 12.1. The van der Waals surface area contributed by atoms with E-state index in [0.29, 0.717) is 10.0 Å². The number of nitro benzene ring substituents is 1. The van der Waals surface area contributed by atoms with E-state index in [1.54, 1.807) is 20.1 Å². The van der Waals surface area contributed by atoms with Crippen LogP contribution in [0.3, 0.4) is 0 Å². The number of hydrogen-bond donors (Lipinski definition) is 1. The van der Waals surface area contributed by atoms with Crippen molar-refractivity contribution in [1.82, 2.24) is 0 Å². The maximum atomic E-state index is 10.8. The Labute approximate surface area is 115 Å². The molecule has 1 aromatic rings. The molecule has 100 valence electrons. The summed E-state index contributed by atoms with van der Waals surface area (Å²) >= 11 is 3.34. The van der Waals surface area contributed by atoms with Gasteiger partial charge in [0.25, 0.3) is 5.69 Å². The van der Waals surface area contributed by atoms with Crippen molar-refractivity contribution < 1.29 is 9.66 Å². The van der Waals surface area contributed by atoms with Crippen LogP contribution in [-0.2, 0) is 4.74 Å². The van der Waals surface area contributed by atoms with E-state index in [2.05, 4.69) is 21.2 Å². The second-order valence-electron chi connectivity index (χ2n) is 4.00. The number of nitrogens with one attached hydrogen (secondary N) is 1. The molecule has 0 aliphatic heterocycles. The second kappa shape index (κ2) is 7.33. The van der Waals surface area contributed by atoms with Crippen LogP contribution in [0, 0.1) is 17.0 Å². The number of hydrogen-bond acceptors (Lipinski definition) is 4. The fraction of sp³-hybridized carbons (Fsp3) is 0.500. The molecule has 1 aromatic carbocycles. The summed E-state index contributed by atoms with van der Waals surface area (Å²) in [7, 11) is 1.68. The quantitative estimate of drug-likeness (QED) is 0.475. The van der Waals surface area contributed by atoms with Gasteiger partial charge in [-0.1, -0.05) is 0 Å². The molecule has 0 fully saturated rings. The van der Waals surface area contributed by atoms with Gasteiger partial charge in [0.05, 0.1) is 4.92 Å². The zero-order valence-electron chi connectivity index (χ0n) is 10.5. The topological polar surface area (TPSA) is 64.4 Å². The van der Waals surface area contributed by atoms with Crippen LogP contribution in [0.15, 0.2) is 16.6 Å². The summed E-state index contributed by atoms with van der Waals surface area (Å²) in [5.74, 6) is 0. The summed E-state index contributed by atoms with van der Waals surface area (Å²) in [6.45, 7) is 3.31. The van der Waals surface area contributed by atoms with E-state index in [9.17, 15) is 10.1 Å². The third-order valence-electron chi connectivity index (χ3n) is 2.57. The van der Waals surface area contributed by atoms with Crippen LogP contribution in [0.25, 0.3) is 0 Å². The first-order valence-electron chi connectivity index (χ1n) is 5.73. The van der Waals surface area contributed by atoms with Gasteiger partial charge in [-0.05, 0) is 41.8 Å². The average Bonchev–Trinajstić information content (AvgIpc) is 2.32. The van der Waals surface area contributed by atoms with E-state index in [1.165, 1.54) is 6.07 Å². The Morgan fingerprint density at radius 3 is 2.78 bits per heavy atom. The number of rotatable bonds is 7. The molecule has 0 spiro atoms. The first kappa shape index (κ1) is 14.9. The Bertz CT molecular complexity index is 424. The van der Waals surface area contributed by atoms with Crippen molar-refractivity contribution in [2.24, 2.45) is 0 Å². The normalized spacial score (nSPS) is 10.4. The SMILES string of the molecule is COCCCCNc1cc(C)c([N+](=O)[O-])cc1Br. The van der Waals surface area contributed by atoms with Gasteiger partial charge in [-0.2, -0.15) is 0 Å². The van der Waals surface area contributed by atoms with E-state index in [4.69, 9.17) is 4.74 Å². The third-order valence-corrected chi connectivity index (χ3v) is 3.23. The lowest BCUT2D eigenvalue weighted by Crippen LogP contribution is -2.04. The average molecular weight is 317 g/mol. The molecule has 0 saturated heterocycles. The molecule has 0 aliphatic carbocycles. The maximum absolute atomic E-state index is 10.8. The van der Waals surface area contributed by atoms with Crippen molar-refractivity contribution in [3.8, 4) is 0 Å². The van der Waals surface area contributed by atoms with Crippen molar-refractivity contribution in [2.75, 3.05) is 25.6 Å². The second-order valence-corrected chi connectivity index (χ2v) is 4.86. The highest BCUT2D eigenvalue weighted by Gasteiger charge is 2.13. The molecule has 0 unspecified atom stereocenters. The van der Waals surface area contributed by atoms with Gasteiger partial charge in [-0.3, -0.25) is 10.1 Å². The molecule has 0 heterocycles. The molecule has 1 rings (SSSR count). The Morgan fingerprint density at radius 2 is 2.17 bits per heavy atom. The van der Waals surface area contributed by atoms with Gasteiger partial charge >= 0.3 is 0 Å². The maximum Gasteiger partial charge on any atom is 0.273 e. The van der Waals surface area contributed by atoms with Gasteiger partial charge in [0.15, 0.2) is 0 Å². The molecule has 6 heteroatoms. The smallest absolute Gasteiger partial charge is 0.273 e. The predicted molar refractivity (Wildman–Crippen MR) is 75.1 cm³/mol. The molecule has 5 nitrogen and oxygen atoms in total. The van der Waals surface area contributed by atoms with Crippen LogP contribution >= 0.6 is 15.9 Å². The molecule has 0 aliphatic rings. The first-order valence-corrected chi connectivity index (χ1v) is 6.53. The largest absolute Gasteiger partial charge is 0.385 e. The molecular formula is C12H17BrN2O3. The highest BCUT2D eigenvalue weighted by molar-refractivity contribution is 9.10. The number of halogens is 1. The molecular weight excluding hydrogens is 300 g/mol. The fourth-order valence-electron chi connectivity index (χ4n) is 1.60. The van der Waals surface area contributed by atoms with Gasteiger partial charge in [0.2, 0.25) is 0 Å². The minimum Gasteiger partial charge on any atom is -0.385 e. The summed E-state index contributed by atoms with van der Waals surface area (Å²) in [6.07, 6.45) is 1.99. The van der Waals surface area contributed by atoms with Crippen LogP contribution in [0.4, 0.5) is 11.4 Å². The van der Waals surface area contributed by atoms with Crippen LogP contribution in [0.1, 0.15) is 18.4 Å². The molecule has 0 aromatic heterocycles. The van der Waals surface area contributed by atoms with E-state index in [0.717, 1.165) is 31.7 Å². The van der Waals surface area contributed by atoms with E-state index >= 15 is 0 Å². The molecule has 1 N–H and O–H groups in total. The lowest BCUT2D eigenvalue weighted by atomic mass is 10.2. The molecule has 18 heavy (non-hydrogen) atoms. The zero-order chi connectivity index (χ0) is 13.5. The van der Waals surface area contributed by atoms with Crippen LogP contribution in [0.2, 0.25) is 0 Å². The third kappa shape index (κ3) is 4.27. The summed E-state index contributed by atoms with van der Waals surface area (Å²) < 4.78 is 5.68. The highest BCUT2D eigenvalue weighted by atomic mass is 79.9.